The fraction of sp³-hybridized carbons (Fsp3) is 0.224. The van der Waals surface area contributed by atoms with E-state index in [0.717, 1.165) is 45.5 Å². The summed E-state index contributed by atoms with van der Waals surface area (Å²) in [7, 11) is 1.00. The van der Waals surface area contributed by atoms with Crippen molar-refractivity contribution >= 4 is 55.7 Å². The van der Waals surface area contributed by atoms with Crippen LogP contribution in [0, 0.1) is 39.3 Å². The van der Waals surface area contributed by atoms with Crippen molar-refractivity contribution in [3.05, 3.63) is 136 Å². The summed E-state index contributed by atoms with van der Waals surface area (Å²) in [6.07, 6.45) is 1.31. The quantitative estimate of drug-likeness (QED) is 0.0557. The molecular weight excluding hydrogens is 751 g/mol. The Balaban J connectivity index is 0.00000106. The van der Waals surface area contributed by atoms with Gasteiger partial charge in [-0.15, -0.1) is 0 Å². The molecule has 0 atom stereocenters. The molecule has 7 aromatic rings. The first kappa shape index (κ1) is 43.6. The van der Waals surface area contributed by atoms with Gasteiger partial charge >= 0.3 is 0 Å². The zero-order valence-electron chi connectivity index (χ0n) is 34.9. The third-order valence-corrected chi connectivity index (χ3v) is 10.7. The van der Waals surface area contributed by atoms with E-state index in [2.05, 4.69) is 0 Å². The van der Waals surface area contributed by atoms with Gasteiger partial charge in [0.05, 0.1) is 22.7 Å². The Morgan fingerprint density at radius 2 is 1.00 bits per heavy atom. The topological polar surface area (TPSA) is 128 Å². The fourth-order valence-electron chi connectivity index (χ4n) is 7.81. The van der Waals surface area contributed by atoms with Crippen LogP contribution in [0.5, 0.6) is 28.7 Å². The van der Waals surface area contributed by atoms with E-state index >= 15 is 0 Å². The Kier molecular flexibility index (Phi) is 13.3. The van der Waals surface area contributed by atoms with E-state index in [1.54, 1.807) is 56.9 Å². The van der Waals surface area contributed by atoms with E-state index in [1.807, 2.05) is 69.0 Å². The van der Waals surface area contributed by atoms with Crippen molar-refractivity contribution < 1.29 is 39.4 Å². The minimum atomic E-state index is -0.656. The summed E-state index contributed by atoms with van der Waals surface area (Å²) in [6.45, 7) is 14.8. The second kappa shape index (κ2) is 18.0. The van der Waals surface area contributed by atoms with Gasteiger partial charge in [-0.05, 0) is 151 Å². The standard InChI is InChI=1S/C44H36F2N2O5.2C2H6.CH4O/c1-22-21-36(49)25(4)40(41(22)50)48(31-15-11-29(46)12-16-31)35-20-8-27-5-17-32-34(19-7-26-6-18-33(35)38(27)37(26)32)47(30-13-9-28(45)10-14-30)39-23(2)24(3)42(51)44(53)43(39)52;3*1-2/h5,7-17,19-21,49-53H,6,18H2,1-4H3;2*1-2H3;2H,1H3. The van der Waals surface area contributed by atoms with Gasteiger partial charge in [0.1, 0.15) is 23.1 Å². The molecule has 308 valence electrons. The molecule has 10 heteroatoms. The lowest BCUT2D eigenvalue weighted by Gasteiger charge is -2.33. The number of nitrogens with zero attached hydrogens (tertiary/aromatic N) is 2. The number of rotatable bonds is 6. The maximum atomic E-state index is 14.3. The molecule has 0 heterocycles. The lowest BCUT2D eigenvalue weighted by molar-refractivity contribution is 0.366. The molecule has 0 aliphatic heterocycles. The number of halogens is 2. The van der Waals surface area contributed by atoms with E-state index in [0.29, 0.717) is 57.8 Å². The van der Waals surface area contributed by atoms with Gasteiger partial charge in [-0.3, -0.25) is 0 Å². The molecule has 1 aliphatic carbocycles. The first-order valence-electron chi connectivity index (χ1n) is 19.7. The Morgan fingerprint density at radius 1 is 0.492 bits per heavy atom. The molecule has 0 spiro atoms. The summed E-state index contributed by atoms with van der Waals surface area (Å²) in [4.78, 5) is 3.63. The van der Waals surface area contributed by atoms with Crippen LogP contribution in [0.1, 0.15) is 61.1 Å². The highest BCUT2D eigenvalue weighted by molar-refractivity contribution is 6.18. The average molecular weight is 803 g/mol. The van der Waals surface area contributed by atoms with E-state index in [-0.39, 0.29) is 17.2 Å². The SMILES string of the molecule is CC.CC.CO.Cc1cc(O)c(C)c(N(c2ccc(F)cc2)c2ccc3ccc4c(N(c5ccc(F)cc5)c5c(C)c(C)c(O)c(O)c5O)ccc5c4c3c2CC5)c1O. The van der Waals surface area contributed by atoms with Gasteiger partial charge in [0.25, 0.3) is 0 Å². The van der Waals surface area contributed by atoms with Gasteiger partial charge in [-0.25, -0.2) is 8.78 Å². The van der Waals surface area contributed by atoms with E-state index in [1.165, 1.54) is 30.3 Å². The highest BCUT2D eigenvalue weighted by atomic mass is 19.1. The minimum Gasteiger partial charge on any atom is -0.508 e. The Labute approximate surface area is 344 Å². The molecule has 8 nitrogen and oxygen atoms in total. The molecule has 59 heavy (non-hydrogen) atoms. The lowest BCUT2D eigenvalue weighted by atomic mass is 9.84. The van der Waals surface area contributed by atoms with E-state index in [9.17, 15) is 34.3 Å². The molecule has 0 saturated heterocycles. The van der Waals surface area contributed by atoms with Gasteiger partial charge < -0.3 is 40.4 Å². The van der Waals surface area contributed by atoms with Crippen molar-refractivity contribution in [3.8, 4) is 28.7 Å². The summed E-state index contributed by atoms with van der Waals surface area (Å²) in [6, 6.07) is 25.4. The third kappa shape index (κ3) is 7.52. The van der Waals surface area contributed by atoms with Crippen LogP contribution in [-0.2, 0) is 12.8 Å². The monoisotopic (exact) mass is 802 g/mol. The van der Waals surface area contributed by atoms with E-state index < -0.39 is 28.9 Å². The summed E-state index contributed by atoms with van der Waals surface area (Å²) < 4.78 is 28.6. The fourth-order valence-corrected chi connectivity index (χ4v) is 7.81. The van der Waals surface area contributed by atoms with Crippen LogP contribution in [0.3, 0.4) is 0 Å². The summed E-state index contributed by atoms with van der Waals surface area (Å²) in [5.41, 5.74) is 7.02. The van der Waals surface area contributed by atoms with Crippen molar-refractivity contribution in [1.29, 1.82) is 0 Å². The number of aryl methyl sites for hydroxylation is 3. The van der Waals surface area contributed by atoms with Gasteiger partial charge in [0, 0.05) is 29.4 Å². The van der Waals surface area contributed by atoms with Gasteiger partial charge in [0.2, 0.25) is 5.75 Å². The second-order valence-electron chi connectivity index (χ2n) is 13.7. The van der Waals surface area contributed by atoms with Crippen molar-refractivity contribution in [2.75, 3.05) is 16.9 Å². The predicted molar refractivity (Wildman–Crippen MR) is 236 cm³/mol. The number of hydrogen-bond donors (Lipinski definition) is 6. The van der Waals surface area contributed by atoms with Crippen LogP contribution in [0.15, 0.2) is 91.0 Å². The molecule has 7 aromatic carbocycles. The van der Waals surface area contributed by atoms with Gasteiger partial charge in [0.15, 0.2) is 11.5 Å². The molecule has 0 radical (unpaired) electrons. The minimum absolute atomic E-state index is 0.00816. The number of phenols is 5. The molecule has 0 fully saturated rings. The van der Waals surface area contributed by atoms with Crippen LogP contribution < -0.4 is 9.80 Å². The lowest BCUT2D eigenvalue weighted by Crippen LogP contribution is -2.17. The first-order valence-corrected chi connectivity index (χ1v) is 19.7. The average Bonchev–Trinajstić information content (AvgIpc) is 3.27. The highest BCUT2D eigenvalue weighted by Crippen LogP contribution is 2.54. The van der Waals surface area contributed by atoms with Gasteiger partial charge in [-0.2, -0.15) is 0 Å². The Hall–Kier alpha value is -6.52. The molecule has 0 bridgehead atoms. The van der Waals surface area contributed by atoms with Crippen molar-refractivity contribution in [1.82, 2.24) is 0 Å². The first-order chi connectivity index (χ1) is 28.4. The number of anilines is 6. The number of benzene rings is 7. The number of aliphatic hydroxyl groups is 1. The number of hydrogen-bond acceptors (Lipinski definition) is 8. The molecule has 8 rings (SSSR count). The molecule has 0 amide bonds. The summed E-state index contributed by atoms with van der Waals surface area (Å²) in [5, 5.41) is 66.0. The van der Waals surface area contributed by atoms with Crippen molar-refractivity contribution in [3.63, 3.8) is 0 Å². The number of aliphatic hydroxyl groups excluding tert-OH is 1. The van der Waals surface area contributed by atoms with E-state index in [4.69, 9.17) is 5.11 Å². The molecule has 0 unspecified atom stereocenters. The zero-order valence-corrected chi connectivity index (χ0v) is 34.9. The van der Waals surface area contributed by atoms with Crippen LogP contribution in [-0.4, -0.2) is 37.7 Å². The Morgan fingerprint density at radius 3 is 1.58 bits per heavy atom. The van der Waals surface area contributed by atoms with Crippen LogP contribution >= 0.6 is 0 Å². The van der Waals surface area contributed by atoms with Crippen LogP contribution in [0.2, 0.25) is 0 Å². The summed E-state index contributed by atoms with van der Waals surface area (Å²) in [5.74, 6) is -2.43. The highest BCUT2D eigenvalue weighted by Gasteiger charge is 2.30. The molecule has 1 aliphatic rings. The molecular formula is C49H52F2N2O6. The van der Waals surface area contributed by atoms with Crippen molar-refractivity contribution in [2.24, 2.45) is 0 Å². The van der Waals surface area contributed by atoms with Crippen LogP contribution in [0.25, 0.3) is 21.5 Å². The largest absolute Gasteiger partial charge is 0.508 e. The van der Waals surface area contributed by atoms with Gasteiger partial charge in [-0.1, -0.05) is 52.0 Å². The molecule has 6 N–H and O–H groups in total. The van der Waals surface area contributed by atoms with Crippen molar-refractivity contribution in [2.45, 2.75) is 68.2 Å². The molecule has 0 saturated carbocycles. The maximum absolute atomic E-state index is 14.3. The number of aromatic hydroxyl groups is 5. The normalized spacial score (nSPS) is 11.3. The number of phenolic OH excluding ortho intramolecular Hbond substituents is 5. The molecule has 0 aromatic heterocycles. The van der Waals surface area contributed by atoms with Crippen LogP contribution in [0.4, 0.5) is 42.9 Å². The maximum Gasteiger partial charge on any atom is 0.202 e. The third-order valence-electron chi connectivity index (χ3n) is 10.7. The predicted octanol–water partition coefficient (Wildman–Crippen LogP) is 12.7. The smallest absolute Gasteiger partial charge is 0.202 e. The summed E-state index contributed by atoms with van der Waals surface area (Å²) >= 11 is 0. The zero-order chi connectivity index (χ0) is 43.5. The Bertz CT molecular complexity index is 2590. The second-order valence-corrected chi connectivity index (χ2v) is 13.7.